The van der Waals surface area contributed by atoms with Crippen LogP contribution in [-0.2, 0) is 0 Å². The van der Waals surface area contributed by atoms with E-state index < -0.39 is 5.82 Å². The van der Waals surface area contributed by atoms with Crippen LogP contribution in [0, 0.1) is 12.7 Å². The zero-order chi connectivity index (χ0) is 18.4. The molecular formula is C20H21FN4O. The Bertz CT molecular complexity index is 1170. The molecule has 4 aromatic rings. The Morgan fingerprint density at radius 3 is 2.81 bits per heavy atom. The summed E-state index contributed by atoms with van der Waals surface area (Å²) in [6, 6.07) is 8.17. The molecule has 4 rings (SSSR count). The SMILES string of the molecule is Cc1nc2ccc(NCCCN(C)C)c3c(=O)c4cc(F)ccc4n1c23. The van der Waals surface area contributed by atoms with E-state index in [1.165, 1.54) is 12.1 Å². The van der Waals surface area contributed by atoms with Crippen molar-refractivity contribution in [2.45, 2.75) is 13.3 Å². The van der Waals surface area contributed by atoms with Gasteiger partial charge in [-0.25, -0.2) is 9.37 Å². The third-order valence-corrected chi connectivity index (χ3v) is 4.75. The van der Waals surface area contributed by atoms with E-state index in [2.05, 4.69) is 15.2 Å². The minimum Gasteiger partial charge on any atom is -0.384 e. The molecule has 0 aliphatic carbocycles. The molecule has 2 aromatic carbocycles. The highest BCUT2D eigenvalue weighted by atomic mass is 19.1. The molecule has 0 amide bonds. The van der Waals surface area contributed by atoms with Crippen molar-refractivity contribution in [3.05, 3.63) is 52.2 Å². The number of nitrogens with one attached hydrogen (secondary N) is 1. The molecule has 1 N–H and O–H groups in total. The van der Waals surface area contributed by atoms with Crippen LogP contribution >= 0.6 is 0 Å². The zero-order valence-corrected chi connectivity index (χ0v) is 15.1. The third-order valence-electron chi connectivity index (χ3n) is 4.75. The predicted octanol–water partition coefficient (Wildman–Crippen LogP) is 3.25. The molecule has 134 valence electrons. The molecule has 0 fully saturated rings. The second-order valence-corrected chi connectivity index (χ2v) is 6.92. The standard InChI is InChI=1S/C20H21FN4O/c1-12-23-16-7-6-15(22-9-4-10-24(2)3)18-19(16)25(12)17-8-5-13(21)11-14(17)20(18)26/h5-8,11,22H,4,9-10H2,1-3H3. The largest absolute Gasteiger partial charge is 0.384 e. The topological polar surface area (TPSA) is 49.6 Å². The lowest BCUT2D eigenvalue weighted by Crippen LogP contribution is -2.17. The van der Waals surface area contributed by atoms with Gasteiger partial charge in [-0.2, -0.15) is 0 Å². The van der Waals surface area contributed by atoms with E-state index in [9.17, 15) is 9.18 Å². The number of fused-ring (bicyclic) bond motifs is 2. The number of rotatable bonds is 5. The first-order valence-corrected chi connectivity index (χ1v) is 8.72. The van der Waals surface area contributed by atoms with Crippen molar-refractivity contribution < 1.29 is 4.39 Å². The van der Waals surface area contributed by atoms with Gasteiger partial charge in [-0.05, 0) is 64.3 Å². The molecule has 2 heterocycles. The molecule has 0 saturated heterocycles. The van der Waals surface area contributed by atoms with Crippen molar-refractivity contribution in [1.82, 2.24) is 14.3 Å². The van der Waals surface area contributed by atoms with Crippen LogP contribution in [0.3, 0.4) is 0 Å². The normalized spacial score (nSPS) is 12.0. The van der Waals surface area contributed by atoms with Crippen LogP contribution in [0.5, 0.6) is 0 Å². The highest BCUT2D eigenvalue weighted by Crippen LogP contribution is 2.30. The van der Waals surface area contributed by atoms with Crippen molar-refractivity contribution in [1.29, 1.82) is 0 Å². The van der Waals surface area contributed by atoms with Crippen LogP contribution in [0.4, 0.5) is 10.1 Å². The summed E-state index contributed by atoms with van der Waals surface area (Å²) in [4.78, 5) is 19.9. The number of halogens is 1. The van der Waals surface area contributed by atoms with Crippen LogP contribution < -0.4 is 10.7 Å². The molecule has 0 spiro atoms. The average Bonchev–Trinajstić information content (AvgIpc) is 2.93. The minimum absolute atomic E-state index is 0.160. The number of nitrogens with zero attached hydrogens (tertiary/aromatic N) is 3. The molecule has 5 nitrogen and oxygen atoms in total. The van der Waals surface area contributed by atoms with E-state index in [-0.39, 0.29) is 5.43 Å². The Labute approximate surface area is 150 Å². The maximum atomic E-state index is 13.8. The molecule has 0 aliphatic heterocycles. The highest BCUT2D eigenvalue weighted by molar-refractivity contribution is 6.07. The van der Waals surface area contributed by atoms with Crippen molar-refractivity contribution in [2.75, 3.05) is 32.5 Å². The van der Waals surface area contributed by atoms with E-state index in [1.54, 1.807) is 6.07 Å². The van der Waals surface area contributed by atoms with Gasteiger partial charge >= 0.3 is 0 Å². The number of aromatic nitrogens is 2. The highest BCUT2D eigenvalue weighted by Gasteiger charge is 2.18. The monoisotopic (exact) mass is 352 g/mol. The Balaban J connectivity index is 1.95. The summed E-state index contributed by atoms with van der Waals surface area (Å²) in [5, 5.41) is 4.33. The number of aryl methyl sites for hydroxylation is 1. The number of benzene rings is 2. The first-order valence-electron chi connectivity index (χ1n) is 8.72. The number of hydrogen-bond donors (Lipinski definition) is 1. The third kappa shape index (κ3) is 2.57. The van der Waals surface area contributed by atoms with Gasteiger partial charge in [0.2, 0.25) is 0 Å². The summed E-state index contributed by atoms with van der Waals surface area (Å²) >= 11 is 0. The fraction of sp³-hybridized carbons (Fsp3) is 0.300. The van der Waals surface area contributed by atoms with Crippen LogP contribution in [0.2, 0.25) is 0 Å². The van der Waals surface area contributed by atoms with E-state index in [0.717, 1.165) is 42.1 Å². The Morgan fingerprint density at radius 1 is 1.23 bits per heavy atom. The van der Waals surface area contributed by atoms with Gasteiger partial charge in [0.15, 0.2) is 5.43 Å². The molecule has 0 atom stereocenters. The second-order valence-electron chi connectivity index (χ2n) is 6.92. The van der Waals surface area contributed by atoms with Crippen LogP contribution in [0.15, 0.2) is 35.1 Å². The molecule has 0 radical (unpaired) electrons. The van der Waals surface area contributed by atoms with E-state index >= 15 is 0 Å². The van der Waals surface area contributed by atoms with Crippen LogP contribution in [-0.4, -0.2) is 41.5 Å². The fourth-order valence-electron chi connectivity index (χ4n) is 3.59. The van der Waals surface area contributed by atoms with E-state index in [4.69, 9.17) is 0 Å². The van der Waals surface area contributed by atoms with Gasteiger partial charge in [0, 0.05) is 17.6 Å². The summed E-state index contributed by atoms with van der Waals surface area (Å²) in [5.74, 6) is 0.373. The number of hydrogen-bond acceptors (Lipinski definition) is 4. The summed E-state index contributed by atoms with van der Waals surface area (Å²) in [6.45, 7) is 3.62. The first kappa shape index (κ1) is 16.7. The van der Waals surface area contributed by atoms with E-state index in [0.29, 0.717) is 16.3 Å². The molecular weight excluding hydrogens is 331 g/mol. The lowest BCUT2D eigenvalue weighted by molar-refractivity contribution is 0.405. The van der Waals surface area contributed by atoms with Crippen molar-refractivity contribution >= 4 is 33.0 Å². The maximum absolute atomic E-state index is 13.8. The molecule has 0 bridgehead atoms. The van der Waals surface area contributed by atoms with Gasteiger partial charge in [0.05, 0.1) is 21.9 Å². The van der Waals surface area contributed by atoms with Gasteiger partial charge in [0.1, 0.15) is 11.6 Å². The first-order chi connectivity index (χ1) is 12.5. The lowest BCUT2D eigenvalue weighted by Gasteiger charge is -2.13. The second kappa shape index (κ2) is 6.21. The minimum atomic E-state index is -0.411. The van der Waals surface area contributed by atoms with Gasteiger partial charge < -0.3 is 10.2 Å². The Morgan fingerprint density at radius 2 is 2.04 bits per heavy atom. The van der Waals surface area contributed by atoms with E-state index in [1.807, 2.05) is 37.6 Å². The number of imidazole rings is 1. The predicted molar refractivity (Wildman–Crippen MR) is 104 cm³/mol. The summed E-state index contributed by atoms with van der Waals surface area (Å²) in [7, 11) is 4.07. The summed E-state index contributed by atoms with van der Waals surface area (Å²) in [5.41, 5.74) is 2.88. The Hall–Kier alpha value is -2.73. The van der Waals surface area contributed by atoms with Gasteiger partial charge in [-0.15, -0.1) is 0 Å². The van der Waals surface area contributed by atoms with Crippen molar-refractivity contribution in [3.63, 3.8) is 0 Å². The van der Waals surface area contributed by atoms with Crippen molar-refractivity contribution in [3.8, 4) is 0 Å². The van der Waals surface area contributed by atoms with Gasteiger partial charge in [0.25, 0.3) is 0 Å². The quantitative estimate of drug-likeness (QED) is 0.442. The molecule has 0 unspecified atom stereocenters. The number of pyridine rings is 1. The summed E-state index contributed by atoms with van der Waals surface area (Å²) in [6.07, 6.45) is 0.960. The van der Waals surface area contributed by atoms with Crippen LogP contribution in [0.1, 0.15) is 12.2 Å². The summed E-state index contributed by atoms with van der Waals surface area (Å²) < 4.78 is 15.7. The molecule has 0 saturated carbocycles. The molecule has 2 aromatic heterocycles. The van der Waals surface area contributed by atoms with Gasteiger partial charge in [-0.3, -0.25) is 9.20 Å². The smallest absolute Gasteiger partial charge is 0.199 e. The maximum Gasteiger partial charge on any atom is 0.199 e. The number of anilines is 1. The Kier molecular flexibility index (Phi) is 4.00. The van der Waals surface area contributed by atoms with Gasteiger partial charge in [-0.1, -0.05) is 0 Å². The zero-order valence-electron chi connectivity index (χ0n) is 15.1. The average molecular weight is 352 g/mol. The molecule has 6 heteroatoms. The van der Waals surface area contributed by atoms with Crippen LogP contribution in [0.25, 0.3) is 27.3 Å². The van der Waals surface area contributed by atoms with Crippen molar-refractivity contribution in [2.24, 2.45) is 0 Å². The molecule has 0 aliphatic rings. The fourth-order valence-corrected chi connectivity index (χ4v) is 3.59. The lowest BCUT2D eigenvalue weighted by atomic mass is 10.1. The molecule has 26 heavy (non-hydrogen) atoms.